The lowest BCUT2D eigenvalue weighted by molar-refractivity contribution is -0.151. The van der Waals surface area contributed by atoms with Gasteiger partial charge in [0.1, 0.15) is 12.1 Å². The molecule has 4 amide bonds. The zero-order valence-corrected chi connectivity index (χ0v) is 19.6. The fourth-order valence-electron chi connectivity index (χ4n) is 4.33. The van der Waals surface area contributed by atoms with Gasteiger partial charge in [-0.3, -0.25) is 19.3 Å². The Morgan fingerprint density at radius 2 is 1.85 bits per heavy atom. The summed E-state index contributed by atoms with van der Waals surface area (Å²) in [6.07, 6.45) is 2.84. The van der Waals surface area contributed by atoms with Crippen LogP contribution < -0.4 is 10.6 Å². The first kappa shape index (κ1) is 23.8. The highest BCUT2D eigenvalue weighted by atomic mass is 32.2. The highest BCUT2D eigenvalue weighted by Crippen LogP contribution is 2.39. The van der Waals surface area contributed by atoms with Crippen molar-refractivity contribution in [3.8, 4) is 0 Å². The van der Waals surface area contributed by atoms with Gasteiger partial charge in [0.2, 0.25) is 0 Å². The van der Waals surface area contributed by atoms with E-state index in [9.17, 15) is 19.2 Å². The van der Waals surface area contributed by atoms with Crippen LogP contribution in [0.2, 0.25) is 0 Å². The van der Waals surface area contributed by atoms with E-state index in [1.165, 1.54) is 4.90 Å². The summed E-state index contributed by atoms with van der Waals surface area (Å²) in [6.45, 7) is -0.525. The molecule has 1 unspecified atom stereocenters. The number of hydrogen-bond donors (Lipinski definition) is 2. The van der Waals surface area contributed by atoms with E-state index in [2.05, 4.69) is 10.6 Å². The van der Waals surface area contributed by atoms with Gasteiger partial charge in [0.05, 0.1) is 0 Å². The van der Waals surface area contributed by atoms with Gasteiger partial charge in [0.15, 0.2) is 6.61 Å². The van der Waals surface area contributed by atoms with Crippen LogP contribution >= 0.6 is 11.8 Å². The number of benzene rings is 2. The number of urea groups is 1. The topological polar surface area (TPSA) is 105 Å². The van der Waals surface area contributed by atoms with Crippen molar-refractivity contribution in [3.63, 3.8) is 0 Å². The standard InChI is InChI=1S/C25H27N3O5S/c29-21(26-14-7-15-34-19-10-2-1-3-11-19)17-33-22(30)16-28-23(31)25(27-24(28)32)13-6-9-18-8-4-5-12-20(18)25/h1-5,8,10-12H,6-7,9,13-17H2,(H,26,29)(H,27,32). The second-order valence-electron chi connectivity index (χ2n) is 8.26. The van der Waals surface area contributed by atoms with Crippen LogP contribution in [-0.2, 0) is 31.1 Å². The summed E-state index contributed by atoms with van der Waals surface area (Å²) in [5.74, 6) is -0.837. The van der Waals surface area contributed by atoms with Gasteiger partial charge in [-0.05, 0) is 54.7 Å². The summed E-state index contributed by atoms with van der Waals surface area (Å²) < 4.78 is 5.00. The molecule has 9 heteroatoms. The number of esters is 1. The van der Waals surface area contributed by atoms with Gasteiger partial charge in [0.25, 0.3) is 11.8 Å². The quantitative estimate of drug-likeness (QED) is 0.247. The summed E-state index contributed by atoms with van der Waals surface area (Å²) in [5.41, 5.74) is 0.660. The van der Waals surface area contributed by atoms with Gasteiger partial charge in [-0.2, -0.15) is 0 Å². The van der Waals surface area contributed by atoms with Gasteiger partial charge < -0.3 is 15.4 Å². The Hall–Kier alpha value is -3.33. The Morgan fingerprint density at radius 3 is 2.68 bits per heavy atom. The van der Waals surface area contributed by atoms with E-state index in [-0.39, 0.29) is 0 Å². The molecule has 1 spiro atoms. The maximum absolute atomic E-state index is 13.2. The van der Waals surface area contributed by atoms with Crippen LogP contribution in [0.4, 0.5) is 4.79 Å². The fraction of sp³-hybridized carbons (Fsp3) is 0.360. The van der Waals surface area contributed by atoms with Crippen LogP contribution in [0.25, 0.3) is 0 Å². The largest absolute Gasteiger partial charge is 0.454 e. The monoisotopic (exact) mass is 481 g/mol. The molecule has 0 saturated carbocycles. The number of aryl methyl sites for hydroxylation is 1. The van der Waals surface area contributed by atoms with Gasteiger partial charge in [-0.1, -0.05) is 42.5 Å². The Bertz CT molecular complexity index is 1080. The summed E-state index contributed by atoms with van der Waals surface area (Å²) in [5, 5.41) is 5.50. The Labute approximate surface area is 202 Å². The van der Waals surface area contributed by atoms with Crippen molar-refractivity contribution in [2.45, 2.75) is 36.1 Å². The lowest BCUT2D eigenvalue weighted by Gasteiger charge is -2.33. The number of ether oxygens (including phenoxy) is 1. The number of carbonyl (C=O) groups excluding carboxylic acids is 4. The van der Waals surface area contributed by atoms with Crippen molar-refractivity contribution in [2.24, 2.45) is 0 Å². The molecule has 0 bridgehead atoms. The molecule has 0 radical (unpaired) electrons. The number of carbonyl (C=O) groups is 4. The summed E-state index contributed by atoms with van der Waals surface area (Å²) in [6, 6.07) is 16.9. The Balaban J connectivity index is 1.21. The average molecular weight is 482 g/mol. The maximum Gasteiger partial charge on any atom is 0.326 e. The van der Waals surface area contributed by atoms with Crippen molar-refractivity contribution in [3.05, 3.63) is 65.7 Å². The molecule has 178 valence electrons. The molecule has 2 aromatic carbocycles. The molecule has 2 aromatic rings. The molecule has 1 aliphatic carbocycles. The van der Waals surface area contributed by atoms with Crippen molar-refractivity contribution in [2.75, 3.05) is 25.4 Å². The number of thioether (sulfide) groups is 1. The smallest absolute Gasteiger partial charge is 0.326 e. The molecule has 0 aromatic heterocycles. The number of rotatable bonds is 9. The van der Waals surface area contributed by atoms with Crippen molar-refractivity contribution in [1.82, 2.24) is 15.5 Å². The van der Waals surface area contributed by atoms with Crippen LogP contribution in [-0.4, -0.2) is 54.2 Å². The number of hydrogen-bond acceptors (Lipinski definition) is 6. The number of fused-ring (bicyclic) bond motifs is 2. The second-order valence-corrected chi connectivity index (χ2v) is 9.43. The third kappa shape index (κ3) is 5.25. The SMILES string of the molecule is O=C(COC(=O)CN1C(=O)NC2(CCCc3ccccc32)C1=O)NCCCSc1ccccc1. The van der Waals surface area contributed by atoms with Crippen molar-refractivity contribution < 1.29 is 23.9 Å². The maximum atomic E-state index is 13.2. The van der Waals surface area contributed by atoms with Crippen LogP contribution in [0.3, 0.4) is 0 Å². The van der Waals surface area contributed by atoms with E-state index in [0.29, 0.717) is 13.0 Å². The van der Waals surface area contributed by atoms with E-state index in [0.717, 1.165) is 41.0 Å². The summed E-state index contributed by atoms with van der Waals surface area (Å²) >= 11 is 1.70. The van der Waals surface area contributed by atoms with Crippen LogP contribution in [0, 0.1) is 0 Å². The zero-order chi connectivity index (χ0) is 24.0. The second kappa shape index (κ2) is 10.7. The molecule has 1 heterocycles. The first-order valence-corrected chi connectivity index (χ1v) is 12.3. The highest BCUT2D eigenvalue weighted by molar-refractivity contribution is 7.99. The Morgan fingerprint density at radius 1 is 1.09 bits per heavy atom. The van der Waals surface area contributed by atoms with Crippen molar-refractivity contribution in [1.29, 1.82) is 0 Å². The summed E-state index contributed by atoms with van der Waals surface area (Å²) in [4.78, 5) is 52.0. The van der Waals surface area contributed by atoms with E-state index in [1.54, 1.807) is 11.8 Å². The molecule has 1 fully saturated rings. The van der Waals surface area contributed by atoms with Crippen LogP contribution in [0.15, 0.2) is 59.5 Å². The predicted molar refractivity (Wildman–Crippen MR) is 127 cm³/mol. The molecule has 1 saturated heterocycles. The van der Waals surface area contributed by atoms with Gasteiger partial charge in [-0.25, -0.2) is 4.79 Å². The highest BCUT2D eigenvalue weighted by Gasteiger charge is 2.54. The summed E-state index contributed by atoms with van der Waals surface area (Å²) in [7, 11) is 0. The van der Waals surface area contributed by atoms with Gasteiger partial charge >= 0.3 is 12.0 Å². The molecule has 2 N–H and O–H groups in total. The fourth-order valence-corrected chi connectivity index (χ4v) is 5.21. The van der Waals surface area contributed by atoms with E-state index >= 15 is 0 Å². The normalized spacial score (nSPS) is 19.0. The lowest BCUT2D eigenvalue weighted by Crippen LogP contribution is -2.46. The van der Waals surface area contributed by atoms with Gasteiger partial charge in [-0.15, -0.1) is 11.8 Å². The third-order valence-corrected chi connectivity index (χ3v) is 7.06. The molecule has 1 atom stereocenters. The zero-order valence-electron chi connectivity index (χ0n) is 18.7. The first-order valence-electron chi connectivity index (χ1n) is 11.3. The van der Waals surface area contributed by atoms with Crippen molar-refractivity contribution >= 4 is 35.6 Å². The van der Waals surface area contributed by atoms with E-state index in [4.69, 9.17) is 4.74 Å². The van der Waals surface area contributed by atoms with Crippen LogP contribution in [0.1, 0.15) is 30.4 Å². The molecular formula is C25H27N3O5S. The molecular weight excluding hydrogens is 454 g/mol. The lowest BCUT2D eigenvalue weighted by atomic mass is 9.76. The number of nitrogens with zero attached hydrogens (tertiary/aromatic N) is 1. The number of nitrogens with one attached hydrogen (secondary N) is 2. The minimum Gasteiger partial charge on any atom is -0.454 e. The molecule has 34 heavy (non-hydrogen) atoms. The molecule has 8 nitrogen and oxygen atoms in total. The minimum absolute atomic E-state index is 0.423. The third-order valence-electron chi connectivity index (χ3n) is 5.96. The van der Waals surface area contributed by atoms with E-state index < -0.39 is 42.5 Å². The number of imide groups is 1. The van der Waals surface area contributed by atoms with Crippen LogP contribution in [0.5, 0.6) is 0 Å². The average Bonchev–Trinajstić information content (AvgIpc) is 3.08. The Kier molecular flexibility index (Phi) is 7.52. The van der Waals surface area contributed by atoms with E-state index in [1.807, 2.05) is 54.6 Å². The first-order chi connectivity index (χ1) is 16.5. The molecule has 4 rings (SSSR count). The number of amides is 4. The minimum atomic E-state index is -1.14. The van der Waals surface area contributed by atoms with Gasteiger partial charge in [0, 0.05) is 11.4 Å². The predicted octanol–water partition coefficient (Wildman–Crippen LogP) is 2.61. The molecule has 1 aliphatic heterocycles. The molecule has 2 aliphatic rings.